The summed E-state index contributed by atoms with van der Waals surface area (Å²) in [5.41, 5.74) is 0.683. The molecule has 0 aliphatic carbocycles. The van der Waals surface area contributed by atoms with Crippen LogP contribution >= 0.6 is 0 Å². The Bertz CT molecular complexity index is 97.2. The predicted octanol–water partition coefficient (Wildman–Crippen LogP) is 1.87. The van der Waals surface area contributed by atoms with E-state index in [-0.39, 0.29) is 0 Å². The average Bonchev–Trinajstić information content (AvgIpc) is 1.68. The fraction of sp³-hybridized carbons (Fsp3) is 0.500. The molecule has 0 radical (unpaired) electrons. The lowest BCUT2D eigenvalue weighted by molar-refractivity contribution is 0.932. The summed E-state index contributed by atoms with van der Waals surface area (Å²) in [6, 6.07) is 1.97. The highest BCUT2D eigenvalue weighted by molar-refractivity contribution is 5.14. The molecular formula is C6H9N. The molecule has 0 N–H and O–H groups in total. The summed E-state index contributed by atoms with van der Waals surface area (Å²) in [5, 5.41) is 8.12. The lowest BCUT2D eigenvalue weighted by Gasteiger charge is -1.84. The summed E-state index contributed by atoms with van der Waals surface area (Å²) < 4.78 is 0. The Morgan fingerprint density at radius 2 is 2.43 bits per heavy atom. The third-order valence-corrected chi connectivity index (χ3v) is 0.710. The van der Waals surface area contributed by atoms with Gasteiger partial charge in [-0.3, -0.25) is 0 Å². The molecular weight excluding hydrogens is 86.1 g/mol. The Morgan fingerprint density at radius 3 is 2.57 bits per heavy atom. The van der Waals surface area contributed by atoms with E-state index >= 15 is 0 Å². The highest BCUT2D eigenvalue weighted by atomic mass is 14.2. The van der Waals surface area contributed by atoms with Crippen molar-refractivity contribution in [2.24, 2.45) is 0 Å². The molecule has 0 aromatic carbocycles. The zero-order valence-electron chi connectivity index (χ0n) is 4.57. The fourth-order valence-corrected chi connectivity index (χ4v) is 0.358. The zero-order chi connectivity index (χ0) is 5.70. The highest BCUT2D eigenvalue weighted by Crippen LogP contribution is 1.96. The highest BCUT2D eigenvalue weighted by Gasteiger charge is 1.83. The summed E-state index contributed by atoms with van der Waals surface area (Å²) >= 11 is 0. The Balaban J connectivity index is 3.24. The van der Waals surface area contributed by atoms with E-state index in [0.717, 1.165) is 12.8 Å². The summed E-state index contributed by atoms with van der Waals surface area (Å²) in [6.45, 7) is 5.53. The molecule has 0 atom stereocenters. The van der Waals surface area contributed by atoms with Gasteiger partial charge in [0.1, 0.15) is 0 Å². The van der Waals surface area contributed by atoms with Gasteiger partial charge in [0.25, 0.3) is 0 Å². The molecule has 0 aliphatic rings. The molecule has 0 saturated carbocycles. The number of rotatable bonds is 2. The van der Waals surface area contributed by atoms with Gasteiger partial charge in [-0.2, -0.15) is 5.26 Å². The van der Waals surface area contributed by atoms with E-state index in [0.29, 0.717) is 5.57 Å². The van der Waals surface area contributed by atoms with Crippen LogP contribution in [0.3, 0.4) is 0 Å². The summed E-state index contributed by atoms with van der Waals surface area (Å²) in [6.07, 6.45) is 1.86. The van der Waals surface area contributed by atoms with Gasteiger partial charge in [-0.05, 0) is 6.42 Å². The zero-order valence-corrected chi connectivity index (χ0v) is 4.57. The maximum Gasteiger partial charge on any atom is 0.0940 e. The topological polar surface area (TPSA) is 23.8 Å². The summed E-state index contributed by atoms with van der Waals surface area (Å²) in [4.78, 5) is 0. The smallest absolute Gasteiger partial charge is 0.0940 e. The molecule has 0 aromatic rings. The van der Waals surface area contributed by atoms with Crippen molar-refractivity contribution < 1.29 is 0 Å². The largest absolute Gasteiger partial charge is 0.193 e. The number of nitrogens with zero attached hydrogens (tertiary/aromatic N) is 1. The van der Waals surface area contributed by atoms with Gasteiger partial charge in [0, 0.05) is 5.57 Å². The van der Waals surface area contributed by atoms with Crippen molar-refractivity contribution in [2.45, 2.75) is 19.8 Å². The van der Waals surface area contributed by atoms with Gasteiger partial charge in [0.05, 0.1) is 6.07 Å². The summed E-state index contributed by atoms with van der Waals surface area (Å²) in [7, 11) is 0. The van der Waals surface area contributed by atoms with Crippen LogP contribution < -0.4 is 0 Å². The monoisotopic (exact) mass is 95.1 g/mol. The minimum atomic E-state index is 0.683. The van der Waals surface area contributed by atoms with E-state index in [1.807, 2.05) is 13.0 Å². The third-order valence-electron chi connectivity index (χ3n) is 0.710. The fourth-order valence-electron chi connectivity index (χ4n) is 0.358. The molecule has 0 unspecified atom stereocenters. The SMILES string of the molecule is C=C(C#N)CCC. The molecule has 0 amide bonds. The van der Waals surface area contributed by atoms with Crippen LogP contribution in [0.25, 0.3) is 0 Å². The second kappa shape index (κ2) is 3.42. The third kappa shape index (κ3) is 3.05. The Labute approximate surface area is 44.3 Å². The van der Waals surface area contributed by atoms with Gasteiger partial charge in [0.2, 0.25) is 0 Å². The minimum Gasteiger partial charge on any atom is -0.193 e. The molecule has 0 saturated heterocycles. The van der Waals surface area contributed by atoms with Crippen molar-refractivity contribution in [1.29, 1.82) is 5.26 Å². The first kappa shape index (κ1) is 6.23. The first-order valence-corrected chi connectivity index (χ1v) is 2.39. The Kier molecular flexibility index (Phi) is 3.04. The molecule has 0 spiro atoms. The molecule has 0 rings (SSSR count). The molecule has 0 aromatic heterocycles. The van der Waals surface area contributed by atoms with Crippen molar-refractivity contribution in [1.82, 2.24) is 0 Å². The van der Waals surface area contributed by atoms with Crippen molar-refractivity contribution in [3.05, 3.63) is 12.2 Å². The number of hydrogen-bond donors (Lipinski definition) is 0. The quantitative estimate of drug-likeness (QED) is 0.480. The second-order valence-corrected chi connectivity index (χ2v) is 1.47. The Hall–Kier alpha value is -0.770. The maximum atomic E-state index is 8.12. The average molecular weight is 95.1 g/mol. The van der Waals surface area contributed by atoms with Crippen molar-refractivity contribution in [3.8, 4) is 6.07 Å². The van der Waals surface area contributed by atoms with Crippen LogP contribution in [0.1, 0.15) is 19.8 Å². The molecule has 0 heterocycles. The first-order chi connectivity index (χ1) is 3.31. The normalized spacial score (nSPS) is 7.43. The summed E-state index contributed by atoms with van der Waals surface area (Å²) in [5.74, 6) is 0. The molecule has 38 valence electrons. The van der Waals surface area contributed by atoms with Crippen LogP contribution in [0, 0.1) is 11.3 Å². The van der Waals surface area contributed by atoms with Crippen LogP contribution in [-0.4, -0.2) is 0 Å². The first-order valence-electron chi connectivity index (χ1n) is 2.39. The molecule has 0 fully saturated rings. The van der Waals surface area contributed by atoms with Crippen LogP contribution in [0.15, 0.2) is 12.2 Å². The van der Waals surface area contributed by atoms with E-state index in [4.69, 9.17) is 5.26 Å². The van der Waals surface area contributed by atoms with E-state index < -0.39 is 0 Å². The molecule has 1 heteroatoms. The van der Waals surface area contributed by atoms with E-state index in [2.05, 4.69) is 6.58 Å². The van der Waals surface area contributed by atoms with Crippen molar-refractivity contribution >= 4 is 0 Å². The predicted molar refractivity (Wildman–Crippen MR) is 29.7 cm³/mol. The second-order valence-electron chi connectivity index (χ2n) is 1.47. The van der Waals surface area contributed by atoms with Crippen LogP contribution in [0.4, 0.5) is 0 Å². The van der Waals surface area contributed by atoms with Gasteiger partial charge < -0.3 is 0 Å². The molecule has 0 bridgehead atoms. The van der Waals surface area contributed by atoms with Crippen molar-refractivity contribution in [3.63, 3.8) is 0 Å². The maximum absolute atomic E-state index is 8.12. The number of allylic oxidation sites excluding steroid dienone is 1. The standard InChI is InChI=1S/C6H9N/c1-3-4-6(2)5-7/h2-4H2,1H3. The lowest BCUT2D eigenvalue weighted by Crippen LogP contribution is -1.70. The molecule has 1 nitrogen and oxygen atoms in total. The van der Waals surface area contributed by atoms with Crippen molar-refractivity contribution in [2.75, 3.05) is 0 Å². The van der Waals surface area contributed by atoms with Gasteiger partial charge in [-0.25, -0.2) is 0 Å². The van der Waals surface area contributed by atoms with E-state index in [1.165, 1.54) is 0 Å². The van der Waals surface area contributed by atoms with Gasteiger partial charge >= 0.3 is 0 Å². The van der Waals surface area contributed by atoms with Gasteiger partial charge in [0.15, 0.2) is 0 Å². The molecule has 0 aliphatic heterocycles. The molecule has 7 heavy (non-hydrogen) atoms. The lowest BCUT2D eigenvalue weighted by atomic mass is 10.2. The minimum absolute atomic E-state index is 0.683. The van der Waals surface area contributed by atoms with Gasteiger partial charge in [-0.15, -0.1) is 0 Å². The Morgan fingerprint density at radius 1 is 1.86 bits per heavy atom. The van der Waals surface area contributed by atoms with E-state index in [1.54, 1.807) is 0 Å². The van der Waals surface area contributed by atoms with Crippen LogP contribution in [-0.2, 0) is 0 Å². The van der Waals surface area contributed by atoms with E-state index in [9.17, 15) is 0 Å². The van der Waals surface area contributed by atoms with Gasteiger partial charge in [-0.1, -0.05) is 19.9 Å². The number of hydrogen-bond acceptors (Lipinski definition) is 1. The van der Waals surface area contributed by atoms with Crippen LogP contribution in [0.2, 0.25) is 0 Å². The number of nitriles is 1. The van der Waals surface area contributed by atoms with Crippen LogP contribution in [0.5, 0.6) is 0 Å².